The molecule has 1 aliphatic rings. The molecule has 2 aromatic rings. The van der Waals surface area contributed by atoms with E-state index in [1.165, 1.54) is 11.0 Å². The van der Waals surface area contributed by atoms with Crippen molar-refractivity contribution in [1.29, 1.82) is 0 Å². The van der Waals surface area contributed by atoms with Crippen molar-refractivity contribution in [2.75, 3.05) is 19.0 Å². The highest BCUT2D eigenvalue weighted by Gasteiger charge is 2.36. The van der Waals surface area contributed by atoms with Gasteiger partial charge in [-0.15, -0.1) is 15.7 Å². The van der Waals surface area contributed by atoms with E-state index in [0.717, 1.165) is 23.1 Å². The number of hydrogen-bond acceptors (Lipinski definition) is 6. The van der Waals surface area contributed by atoms with Crippen molar-refractivity contribution in [3.05, 3.63) is 58.9 Å². The summed E-state index contributed by atoms with van der Waals surface area (Å²) >= 11 is 2.14. The summed E-state index contributed by atoms with van der Waals surface area (Å²) in [5, 5.41) is 1.80. The third kappa shape index (κ3) is 3.78. The monoisotopic (exact) mass is 393 g/mol. The highest BCUT2D eigenvalue weighted by atomic mass is 32.2. The summed E-state index contributed by atoms with van der Waals surface area (Å²) in [5.74, 6) is -0.301. The van der Waals surface area contributed by atoms with Gasteiger partial charge in [-0.3, -0.25) is 9.69 Å². The molecule has 25 heavy (non-hydrogen) atoms. The molecule has 0 unspecified atom stereocenters. The average molecular weight is 394 g/mol. The van der Waals surface area contributed by atoms with Gasteiger partial charge in [-0.2, -0.15) is 8.42 Å². The Morgan fingerprint density at radius 3 is 2.44 bits per heavy atom. The molecular formula is C16H15N3O3S3. The summed E-state index contributed by atoms with van der Waals surface area (Å²) in [6, 6.07) is 12.0. The van der Waals surface area contributed by atoms with Gasteiger partial charge < -0.3 is 4.90 Å². The van der Waals surface area contributed by atoms with Gasteiger partial charge in [-0.05, 0) is 35.3 Å². The van der Waals surface area contributed by atoms with Crippen LogP contribution in [0.3, 0.4) is 0 Å². The van der Waals surface area contributed by atoms with Crippen LogP contribution in [0.15, 0.2) is 67.6 Å². The number of carbonyl (C=O) groups is 1. The second-order valence-electron chi connectivity index (χ2n) is 5.32. The van der Waals surface area contributed by atoms with Crippen LogP contribution in [0.2, 0.25) is 0 Å². The van der Waals surface area contributed by atoms with E-state index in [1.807, 2.05) is 6.07 Å². The molecule has 0 bridgehead atoms. The summed E-state index contributed by atoms with van der Waals surface area (Å²) in [7, 11) is -0.272. The quantitative estimate of drug-likeness (QED) is 0.747. The molecule has 1 saturated heterocycles. The van der Waals surface area contributed by atoms with Gasteiger partial charge >= 0.3 is 0 Å². The number of benzene rings is 1. The van der Waals surface area contributed by atoms with Crippen molar-refractivity contribution >= 4 is 49.9 Å². The zero-order valence-electron chi connectivity index (χ0n) is 13.5. The Morgan fingerprint density at radius 1 is 1.12 bits per heavy atom. The fourth-order valence-corrected chi connectivity index (χ4v) is 5.33. The first kappa shape index (κ1) is 17.7. The number of rotatable bonds is 4. The van der Waals surface area contributed by atoms with E-state index in [2.05, 4.69) is 4.40 Å². The summed E-state index contributed by atoms with van der Waals surface area (Å²) in [6.07, 6.45) is 1.66. The van der Waals surface area contributed by atoms with Crippen molar-refractivity contribution < 1.29 is 13.2 Å². The first-order valence-corrected chi connectivity index (χ1v) is 10.4. The molecule has 6 nitrogen and oxygen atoms in total. The number of carbonyl (C=O) groups excluding carboxylic acids is 1. The van der Waals surface area contributed by atoms with E-state index in [0.29, 0.717) is 10.6 Å². The van der Waals surface area contributed by atoms with Crippen LogP contribution >= 0.6 is 23.1 Å². The van der Waals surface area contributed by atoms with Gasteiger partial charge in [0.25, 0.3) is 15.9 Å². The Hall–Kier alpha value is -2.10. The van der Waals surface area contributed by atoms with Crippen molar-refractivity contribution in [3.8, 4) is 0 Å². The normalized spacial score (nSPS) is 18.3. The summed E-state index contributed by atoms with van der Waals surface area (Å²) in [5.41, 5.74) is 0.572. The molecule has 1 amide bonds. The Balaban J connectivity index is 2.09. The molecule has 0 radical (unpaired) electrons. The number of sulfonamides is 1. The third-order valence-corrected chi connectivity index (χ3v) is 6.86. The summed E-state index contributed by atoms with van der Waals surface area (Å²) in [6.45, 7) is 0. The van der Waals surface area contributed by atoms with Crippen LogP contribution in [0.25, 0.3) is 0 Å². The van der Waals surface area contributed by atoms with Crippen LogP contribution < -0.4 is 4.90 Å². The highest BCUT2D eigenvalue weighted by molar-refractivity contribution is 8.19. The van der Waals surface area contributed by atoms with Crippen molar-refractivity contribution in [2.24, 2.45) is 4.40 Å². The first-order chi connectivity index (χ1) is 11.9. The Bertz CT molecular complexity index is 934. The van der Waals surface area contributed by atoms with Crippen molar-refractivity contribution in [3.63, 3.8) is 0 Å². The minimum Gasteiger partial charge on any atom is -0.382 e. The maximum absolute atomic E-state index is 12.8. The molecule has 0 N–H and O–H groups in total. The molecule has 1 fully saturated rings. The van der Waals surface area contributed by atoms with E-state index >= 15 is 0 Å². The second kappa shape index (κ2) is 7.03. The number of thiophene rings is 1. The number of thioether (sulfide) groups is 1. The molecule has 3 rings (SSSR count). The molecule has 130 valence electrons. The number of amides is 1. The van der Waals surface area contributed by atoms with Gasteiger partial charge in [-0.1, -0.05) is 24.3 Å². The lowest BCUT2D eigenvalue weighted by Crippen LogP contribution is -2.29. The second-order valence-corrected chi connectivity index (χ2v) is 9.10. The number of para-hydroxylation sites is 1. The molecule has 0 spiro atoms. The number of anilines is 1. The van der Waals surface area contributed by atoms with Gasteiger partial charge in [-0.25, -0.2) is 0 Å². The van der Waals surface area contributed by atoms with Crippen LogP contribution in [0.5, 0.6) is 0 Å². The Labute approximate surface area is 154 Å². The van der Waals surface area contributed by atoms with Gasteiger partial charge in [0.1, 0.15) is 4.21 Å². The maximum atomic E-state index is 12.8. The Morgan fingerprint density at radius 2 is 1.84 bits per heavy atom. The summed E-state index contributed by atoms with van der Waals surface area (Å²) < 4.78 is 29.1. The van der Waals surface area contributed by atoms with E-state index in [-0.39, 0.29) is 15.3 Å². The molecule has 1 aromatic heterocycles. The van der Waals surface area contributed by atoms with Crippen molar-refractivity contribution in [2.45, 2.75) is 4.21 Å². The molecule has 1 aromatic carbocycles. The largest absolute Gasteiger partial charge is 0.382 e. The predicted molar refractivity (Wildman–Crippen MR) is 102 cm³/mol. The van der Waals surface area contributed by atoms with Crippen LogP contribution in [0, 0.1) is 0 Å². The lowest BCUT2D eigenvalue weighted by molar-refractivity contribution is -0.113. The van der Waals surface area contributed by atoms with E-state index in [9.17, 15) is 13.2 Å². The van der Waals surface area contributed by atoms with Gasteiger partial charge in [0, 0.05) is 20.3 Å². The Kier molecular flexibility index (Phi) is 4.98. The van der Waals surface area contributed by atoms with Gasteiger partial charge in [0.15, 0.2) is 5.17 Å². The zero-order chi connectivity index (χ0) is 18.0. The van der Waals surface area contributed by atoms with Gasteiger partial charge in [0.05, 0.1) is 10.6 Å². The number of amidine groups is 1. The highest BCUT2D eigenvalue weighted by Crippen LogP contribution is 2.36. The number of nitrogens with zero attached hydrogens (tertiary/aromatic N) is 3. The average Bonchev–Trinajstić information content (AvgIpc) is 3.18. The standard InChI is InChI=1S/C16H15N3O3S3/c1-18(2)11-13-15(20)19(12-7-4-3-5-8-12)16(24-13)17-25(21,22)14-9-6-10-23-14/h3-11H,1-2H3/b13-11+,17-16?. The lowest BCUT2D eigenvalue weighted by Gasteiger charge is -2.15. The number of hydrogen-bond donors (Lipinski definition) is 0. The van der Waals surface area contributed by atoms with E-state index in [4.69, 9.17) is 0 Å². The van der Waals surface area contributed by atoms with Crippen LogP contribution in [0.1, 0.15) is 0 Å². The fourth-order valence-electron chi connectivity index (χ4n) is 2.12. The maximum Gasteiger partial charge on any atom is 0.294 e. The predicted octanol–water partition coefficient (Wildman–Crippen LogP) is 2.98. The van der Waals surface area contributed by atoms with Crippen molar-refractivity contribution in [1.82, 2.24) is 4.90 Å². The molecule has 0 aliphatic carbocycles. The first-order valence-electron chi connectivity index (χ1n) is 7.22. The lowest BCUT2D eigenvalue weighted by atomic mass is 10.3. The molecule has 9 heteroatoms. The fraction of sp³-hybridized carbons (Fsp3) is 0.125. The van der Waals surface area contributed by atoms with Crippen LogP contribution in [-0.2, 0) is 14.8 Å². The van der Waals surface area contributed by atoms with Crippen LogP contribution in [0.4, 0.5) is 5.69 Å². The molecule has 0 atom stereocenters. The summed E-state index contributed by atoms with van der Waals surface area (Å²) in [4.78, 5) is 16.2. The van der Waals surface area contributed by atoms with E-state index < -0.39 is 10.0 Å². The molecule has 2 heterocycles. The third-order valence-electron chi connectivity index (χ3n) is 3.14. The van der Waals surface area contributed by atoms with E-state index in [1.54, 1.807) is 60.9 Å². The zero-order valence-corrected chi connectivity index (χ0v) is 15.9. The van der Waals surface area contributed by atoms with Crippen LogP contribution in [-0.4, -0.2) is 38.5 Å². The van der Waals surface area contributed by atoms with Gasteiger partial charge in [0.2, 0.25) is 0 Å². The molecular weight excluding hydrogens is 378 g/mol. The topological polar surface area (TPSA) is 70.1 Å². The molecule has 1 aliphatic heterocycles. The smallest absolute Gasteiger partial charge is 0.294 e. The molecule has 0 saturated carbocycles. The SMILES string of the molecule is CN(C)/C=C1/SC(=NS(=O)(=O)c2cccs2)N(c2ccccc2)C1=O. The minimum atomic E-state index is -3.87. The minimum absolute atomic E-state index is 0.123.